The Kier molecular flexibility index (Phi) is 16.6. The molecule has 0 unspecified atom stereocenters. The zero-order valence-electron chi connectivity index (χ0n) is 6.86. The Labute approximate surface area is 78.9 Å². The van der Waals surface area contributed by atoms with Crippen LogP contribution < -0.4 is 18.9 Å². The second-order valence-electron chi connectivity index (χ2n) is 1.19. The molecule has 7 heteroatoms. The van der Waals surface area contributed by atoms with E-state index in [4.69, 9.17) is 22.3 Å². The van der Waals surface area contributed by atoms with Crippen molar-refractivity contribution in [2.75, 3.05) is 13.2 Å². The van der Waals surface area contributed by atoms with Gasteiger partial charge in [-0.05, 0) is 13.8 Å². The van der Waals surface area contributed by atoms with Crippen LogP contribution >= 0.6 is 0 Å². The molecule has 0 radical (unpaired) electrons. The molecule has 0 bridgehead atoms. The Bertz CT molecular complexity index is 133. The smallest absolute Gasteiger partial charge is 0.759 e. The molecule has 64 valence electrons. The zero-order chi connectivity index (χ0) is 8.62. The molecule has 0 aromatic rings. The Hall–Kier alpha value is 0.427. The Morgan fingerprint density at radius 1 is 1.18 bits per heavy atom. The molecule has 0 aliphatic heterocycles. The molecule has 0 N–H and O–H groups in total. The third-order valence-corrected chi connectivity index (χ3v) is 0.408. The van der Waals surface area contributed by atoms with Crippen LogP contribution in [0.2, 0.25) is 0 Å². The van der Waals surface area contributed by atoms with Crippen molar-refractivity contribution in [2.45, 2.75) is 13.8 Å². The van der Waals surface area contributed by atoms with Crippen molar-refractivity contribution in [1.82, 2.24) is 0 Å². The van der Waals surface area contributed by atoms with Gasteiger partial charge >= 0.3 is 18.9 Å². The van der Waals surface area contributed by atoms with Gasteiger partial charge in [0.25, 0.3) is 0 Å². The number of hydrogen-bond donors (Lipinski definition) is 0. The topological polar surface area (TPSA) is 89.5 Å². The first kappa shape index (κ1) is 17.5. The molecule has 0 aromatic heterocycles. The standard InChI is InChI=1S/C4H10O.Li.H2O4S/c1-3-5-4-2;;1-5(2,3)4/h3-4H2,1-2H3;;(H2,1,2,3,4)/q;+1;/p-2. The van der Waals surface area contributed by atoms with E-state index < -0.39 is 10.4 Å². The summed E-state index contributed by atoms with van der Waals surface area (Å²) in [5.74, 6) is 0. The van der Waals surface area contributed by atoms with Crippen molar-refractivity contribution in [1.29, 1.82) is 0 Å². The predicted octanol–water partition coefficient (Wildman–Crippen LogP) is -3.29. The third kappa shape index (κ3) is 126. The second-order valence-corrected chi connectivity index (χ2v) is 2.01. The van der Waals surface area contributed by atoms with Crippen LogP contribution in [0.15, 0.2) is 0 Å². The van der Waals surface area contributed by atoms with E-state index in [0.717, 1.165) is 13.2 Å². The second kappa shape index (κ2) is 10.4. The summed E-state index contributed by atoms with van der Waals surface area (Å²) in [5, 5.41) is 0. The maximum Gasteiger partial charge on any atom is 1.00 e. The van der Waals surface area contributed by atoms with E-state index in [1.54, 1.807) is 0 Å². The van der Waals surface area contributed by atoms with E-state index >= 15 is 0 Å². The third-order valence-electron chi connectivity index (χ3n) is 0.408. The minimum atomic E-state index is -5.17. The quantitative estimate of drug-likeness (QED) is 0.250. The van der Waals surface area contributed by atoms with E-state index in [1.807, 2.05) is 13.8 Å². The van der Waals surface area contributed by atoms with Gasteiger partial charge in [-0.3, -0.25) is 8.42 Å². The van der Waals surface area contributed by atoms with E-state index in [9.17, 15) is 0 Å². The Morgan fingerprint density at radius 2 is 1.36 bits per heavy atom. The summed E-state index contributed by atoms with van der Waals surface area (Å²) in [6.45, 7) is 5.67. The molecule has 0 atom stereocenters. The van der Waals surface area contributed by atoms with Crippen LogP contribution in [0, 0.1) is 0 Å². The fraction of sp³-hybridized carbons (Fsp3) is 1.00. The zero-order valence-corrected chi connectivity index (χ0v) is 7.68. The van der Waals surface area contributed by atoms with Gasteiger partial charge in [0.1, 0.15) is 0 Å². The number of rotatable bonds is 2. The van der Waals surface area contributed by atoms with Crippen molar-refractivity contribution < 1.29 is 41.1 Å². The van der Waals surface area contributed by atoms with Gasteiger partial charge in [-0.25, -0.2) is 0 Å². The van der Waals surface area contributed by atoms with Gasteiger partial charge in [-0.2, -0.15) is 0 Å². The van der Waals surface area contributed by atoms with Gasteiger partial charge in [-0.15, -0.1) is 0 Å². The summed E-state index contributed by atoms with van der Waals surface area (Å²) in [4.78, 5) is 0. The van der Waals surface area contributed by atoms with Crippen molar-refractivity contribution in [3.05, 3.63) is 0 Å². The van der Waals surface area contributed by atoms with Crippen LogP contribution in [0.3, 0.4) is 0 Å². The molecule has 0 aliphatic carbocycles. The SMILES string of the molecule is CCOCC.O=S(=O)([O-])[O-].[Li+]. The van der Waals surface area contributed by atoms with Crippen LogP contribution in [-0.4, -0.2) is 30.7 Å². The maximum absolute atomic E-state index is 8.52. The molecule has 0 fully saturated rings. The van der Waals surface area contributed by atoms with E-state index in [1.165, 1.54) is 0 Å². The first-order valence-electron chi connectivity index (χ1n) is 2.66. The van der Waals surface area contributed by atoms with Crippen molar-refractivity contribution in [2.24, 2.45) is 0 Å². The monoisotopic (exact) mass is 177 g/mol. The average Bonchev–Trinajstić information content (AvgIpc) is 1.63. The average molecular weight is 177 g/mol. The largest absolute Gasteiger partial charge is 1.00 e. The summed E-state index contributed by atoms with van der Waals surface area (Å²) in [5.41, 5.74) is 0. The molecule has 11 heavy (non-hydrogen) atoms. The molecule has 0 rings (SSSR count). The fourth-order valence-electron chi connectivity index (χ4n) is 0.204. The van der Waals surface area contributed by atoms with E-state index in [-0.39, 0.29) is 18.9 Å². The van der Waals surface area contributed by atoms with Crippen LogP contribution in [0.1, 0.15) is 13.8 Å². The minimum absolute atomic E-state index is 0. The fourth-order valence-corrected chi connectivity index (χ4v) is 0.204. The summed E-state index contributed by atoms with van der Waals surface area (Å²) in [6, 6.07) is 0. The predicted molar refractivity (Wildman–Crippen MR) is 32.6 cm³/mol. The normalized spacial score (nSPS) is 9.09. The summed E-state index contributed by atoms with van der Waals surface area (Å²) in [6.07, 6.45) is 0. The van der Waals surface area contributed by atoms with Crippen LogP contribution in [-0.2, 0) is 15.1 Å². The van der Waals surface area contributed by atoms with Crippen molar-refractivity contribution in [3.63, 3.8) is 0 Å². The van der Waals surface area contributed by atoms with Crippen LogP contribution in [0.5, 0.6) is 0 Å². The summed E-state index contributed by atoms with van der Waals surface area (Å²) in [7, 11) is -5.17. The van der Waals surface area contributed by atoms with E-state index in [2.05, 4.69) is 0 Å². The van der Waals surface area contributed by atoms with Crippen LogP contribution in [0.4, 0.5) is 0 Å². The molecule has 0 amide bonds. The van der Waals surface area contributed by atoms with Gasteiger partial charge in [0, 0.05) is 23.6 Å². The summed E-state index contributed by atoms with van der Waals surface area (Å²) < 4.78 is 38.9. The molecule has 0 aliphatic rings. The van der Waals surface area contributed by atoms with Crippen molar-refractivity contribution in [3.8, 4) is 0 Å². The maximum atomic E-state index is 8.52. The molecule has 0 saturated heterocycles. The van der Waals surface area contributed by atoms with Gasteiger partial charge in [0.2, 0.25) is 0 Å². The first-order chi connectivity index (χ1) is 4.41. The Balaban J connectivity index is -0.000000107. The van der Waals surface area contributed by atoms with E-state index in [0.29, 0.717) is 0 Å². The van der Waals surface area contributed by atoms with Gasteiger partial charge in [0.15, 0.2) is 0 Å². The summed E-state index contributed by atoms with van der Waals surface area (Å²) >= 11 is 0. The van der Waals surface area contributed by atoms with Gasteiger partial charge < -0.3 is 13.8 Å². The molecule has 0 saturated carbocycles. The molecular weight excluding hydrogens is 167 g/mol. The number of ether oxygens (including phenoxy) is 1. The Morgan fingerprint density at radius 3 is 1.36 bits per heavy atom. The van der Waals surface area contributed by atoms with Gasteiger partial charge in [-0.1, -0.05) is 0 Å². The molecule has 0 aromatic carbocycles. The molecule has 0 spiro atoms. The molecular formula is C4H10LiO5S-. The van der Waals surface area contributed by atoms with Crippen molar-refractivity contribution >= 4 is 10.4 Å². The van der Waals surface area contributed by atoms with Crippen LogP contribution in [0.25, 0.3) is 0 Å². The van der Waals surface area contributed by atoms with Gasteiger partial charge in [0.05, 0.1) is 0 Å². The number of hydrogen-bond acceptors (Lipinski definition) is 5. The first-order valence-corrected chi connectivity index (χ1v) is 3.99. The molecule has 0 heterocycles. The minimum Gasteiger partial charge on any atom is -0.759 e. The molecule has 5 nitrogen and oxygen atoms in total.